The van der Waals surface area contributed by atoms with Crippen molar-refractivity contribution in [2.75, 3.05) is 20.7 Å². The maximum Gasteiger partial charge on any atom is 0.326 e. The van der Waals surface area contributed by atoms with Crippen LogP contribution in [0.3, 0.4) is 0 Å². The van der Waals surface area contributed by atoms with Crippen LogP contribution in [0.2, 0.25) is 0 Å². The third-order valence-corrected chi connectivity index (χ3v) is 5.81. The molecule has 1 amide bonds. The number of piperidine rings is 1. The van der Waals surface area contributed by atoms with Crippen LogP contribution in [-0.2, 0) is 14.8 Å². The molecule has 0 radical (unpaired) electrons. The molecule has 2 N–H and O–H groups in total. The van der Waals surface area contributed by atoms with Crippen molar-refractivity contribution in [1.82, 2.24) is 9.62 Å². The van der Waals surface area contributed by atoms with E-state index in [0.717, 1.165) is 0 Å². The van der Waals surface area contributed by atoms with E-state index in [9.17, 15) is 23.1 Å². The molecular weight excluding hydrogens is 348 g/mol. The number of amides is 1. The monoisotopic (exact) mass is 370 g/mol. The molecule has 0 saturated carbocycles. The van der Waals surface area contributed by atoms with Crippen LogP contribution in [0.15, 0.2) is 23.1 Å². The van der Waals surface area contributed by atoms with Crippen LogP contribution in [0.4, 0.5) is 0 Å². The highest BCUT2D eigenvalue weighted by atomic mass is 32.2. The highest BCUT2D eigenvalue weighted by Gasteiger charge is 2.35. The normalized spacial score (nSPS) is 21.0. The number of ether oxygens (including phenoxy) is 1. The van der Waals surface area contributed by atoms with E-state index in [-0.39, 0.29) is 22.1 Å². The summed E-state index contributed by atoms with van der Waals surface area (Å²) < 4.78 is 31.5. The van der Waals surface area contributed by atoms with Gasteiger partial charge in [0.15, 0.2) is 0 Å². The van der Waals surface area contributed by atoms with Crippen LogP contribution in [0, 0.1) is 5.92 Å². The molecule has 0 spiro atoms. The number of methoxy groups -OCH3 is 1. The molecule has 2 unspecified atom stereocenters. The van der Waals surface area contributed by atoms with Gasteiger partial charge in [-0.05, 0) is 44.0 Å². The van der Waals surface area contributed by atoms with Gasteiger partial charge in [0.2, 0.25) is 10.0 Å². The van der Waals surface area contributed by atoms with E-state index in [0.29, 0.717) is 19.4 Å². The van der Waals surface area contributed by atoms with Gasteiger partial charge >= 0.3 is 5.97 Å². The van der Waals surface area contributed by atoms with Crippen molar-refractivity contribution in [3.05, 3.63) is 23.8 Å². The van der Waals surface area contributed by atoms with Gasteiger partial charge in [-0.1, -0.05) is 6.92 Å². The Hall–Kier alpha value is -2.13. The number of rotatable bonds is 5. The van der Waals surface area contributed by atoms with E-state index in [2.05, 4.69) is 4.72 Å². The quantitative estimate of drug-likeness (QED) is 0.797. The van der Waals surface area contributed by atoms with Crippen molar-refractivity contribution < 1.29 is 27.9 Å². The number of likely N-dealkylation sites (tertiary alicyclic amines) is 1. The van der Waals surface area contributed by atoms with Crippen LogP contribution in [0.5, 0.6) is 5.75 Å². The number of carboxylic acid groups (broad SMARTS) is 1. The van der Waals surface area contributed by atoms with Crippen LogP contribution in [0.1, 0.15) is 30.1 Å². The van der Waals surface area contributed by atoms with Gasteiger partial charge in [0.05, 0.1) is 7.11 Å². The number of carbonyl (C=O) groups excluding carboxylic acids is 1. The van der Waals surface area contributed by atoms with Crippen molar-refractivity contribution in [3.8, 4) is 5.75 Å². The standard InChI is InChI=1S/C16H22N2O6S/c1-10-6-7-18(12(8-10)16(20)21)15(19)11-4-5-13(24-3)14(9-11)25(22,23)17-2/h4-5,9-10,12,17H,6-8H2,1-3H3,(H,20,21). The second-order valence-electron chi connectivity index (χ2n) is 6.06. The molecule has 8 nitrogen and oxygen atoms in total. The minimum Gasteiger partial charge on any atom is -0.495 e. The third kappa shape index (κ3) is 3.93. The summed E-state index contributed by atoms with van der Waals surface area (Å²) in [5, 5.41) is 9.41. The summed E-state index contributed by atoms with van der Waals surface area (Å²) in [7, 11) is -1.24. The topological polar surface area (TPSA) is 113 Å². The molecule has 2 atom stereocenters. The van der Waals surface area contributed by atoms with Crippen molar-refractivity contribution in [2.45, 2.75) is 30.7 Å². The Labute approximate surface area is 146 Å². The Morgan fingerprint density at radius 1 is 1.36 bits per heavy atom. The first kappa shape index (κ1) is 19.2. The molecule has 1 aromatic carbocycles. The van der Waals surface area contributed by atoms with Crippen LogP contribution in [0.25, 0.3) is 0 Å². The number of aliphatic carboxylic acids is 1. The maximum atomic E-state index is 12.8. The average molecular weight is 370 g/mol. The van der Waals surface area contributed by atoms with Gasteiger partial charge in [-0.2, -0.15) is 0 Å². The zero-order valence-electron chi connectivity index (χ0n) is 14.4. The maximum absolute atomic E-state index is 12.8. The molecule has 1 aliphatic rings. The lowest BCUT2D eigenvalue weighted by Gasteiger charge is -2.36. The molecule has 138 valence electrons. The van der Waals surface area contributed by atoms with Crippen LogP contribution in [-0.4, -0.2) is 57.0 Å². The second kappa shape index (κ2) is 7.40. The minimum atomic E-state index is -3.83. The lowest BCUT2D eigenvalue weighted by Crippen LogP contribution is -2.49. The summed E-state index contributed by atoms with van der Waals surface area (Å²) in [6.45, 7) is 2.26. The number of carbonyl (C=O) groups is 2. The molecule has 2 rings (SSSR count). The largest absolute Gasteiger partial charge is 0.495 e. The molecule has 0 aromatic heterocycles. The van der Waals surface area contributed by atoms with E-state index < -0.39 is 27.9 Å². The predicted octanol–water partition coefficient (Wildman–Crippen LogP) is 0.929. The summed E-state index contributed by atoms with van der Waals surface area (Å²) in [5.74, 6) is -1.25. The van der Waals surface area contributed by atoms with E-state index in [4.69, 9.17) is 4.74 Å². The van der Waals surface area contributed by atoms with Crippen LogP contribution >= 0.6 is 0 Å². The number of benzene rings is 1. The van der Waals surface area contributed by atoms with Crippen molar-refractivity contribution in [2.24, 2.45) is 5.92 Å². The smallest absolute Gasteiger partial charge is 0.326 e. The van der Waals surface area contributed by atoms with Crippen LogP contribution < -0.4 is 9.46 Å². The van der Waals surface area contributed by atoms with Gasteiger partial charge in [0, 0.05) is 12.1 Å². The summed E-state index contributed by atoms with van der Waals surface area (Å²) >= 11 is 0. The van der Waals surface area contributed by atoms with Gasteiger partial charge in [-0.3, -0.25) is 4.79 Å². The molecule has 1 aliphatic heterocycles. The Kier molecular flexibility index (Phi) is 5.69. The number of nitrogens with one attached hydrogen (secondary N) is 1. The number of nitrogens with zero attached hydrogens (tertiary/aromatic N) is 1. The highest BCUT2D eigenvalue weighted by molar-refractivity contribution is 7.89. The highest BCUT2D eigenvalue weighted by Crippen LogP contribution is 2.28. The van der Waals surface area contributed by atoms with E-state index in [1.807, 2.05) is 6.92 Å². The Bertz CT molecular complexity index is 777. The molecule has 0 bridgehead atoms. The number of hydrogen-bond donors (Lipinski definition) is 2. The lowest BCUT2D eigenvalue weighted by molar-refractivity contribution is -0.144. The molecular formula is C16H22N2O6S. The molecule has 1 fully saturated rings. The van der Waals surface area contributed by atoms with E-state index in [1.54, 1.807) is 0 Å². The summed E-state index contributed by atoms with van der Waals surface area (Å²) in [4.78, 5) is 25.4. The fourth-order valence-corrected chi connectivity index (χ4v) is 3.83. The summed E-state index contributed by atoms with van der Waals surface area (Å²) in [5.41, 5.74) is 0.107. The summed E-state index contributed by atoms with van der Waals surface area (Å²) in [6.07, 6.45) is 1.08. The zero-order chi connectivity index (χ0) is 18.8. The van der Waals surface area contributed by atoms with E-state index >= 15 is 0 Å². The molecule has 25 heavy (non-hydrogen) atoms. The molecule has 1 aromatic rings. The van der Waals surface area contributed by atoms with Gasteiger partial charge in [-0.25, -0.2) is 17.9 Å². The lowest BCUT2D eigenvalue weighted by atomic mass is 9.92. The van der Waals surface area contributed by atoms with Gasteiger partial charge < -0.3 is 14.7 Å². The molecule has 1 saturated heterocycles. The fraction of sp³-hybridized carbons (Fsp3) is 0.500. The Morgan fingerprint density at radius 2 is 2.04 bits per heavy atom. The number of carboxylic acids is 1. The second-order valence-corrected chi connectivity index (χ2v) is 7.91. The minimum absolute atomic E-state index is 0.105. The van der Waals surface area contributed by atoms with E-state index in [1.165, 1.54) is 37.3 Å². The first-order valence-electron chi connectivity index (χ1n) is 7.86. The first-order chi connectivity index (χ1) is 11.7. The first-order valence-corrected chi connectivity index (χ1v) is 9.35. The van der Waals surface area contributed by atoms with Gasteiger partial charge in [0.1, 0.15) is 16.7 Å². The van der Waals surface area contributed by atoms with Crippen molar-refractivity contribution >= 4 is 21.9 Å². The van der Waals surface area contributed by atoms with Crippen molar-refractivity contribution in [1.29, 1.82) is 0 Å². The number of hydrogen-bond acceptors (Lipinski definition) is 5. The predicted molar refractivity (Wildman–Crippen MR) is 90.1 cm³/mol. The van der Waals surface area contributed by atoms with Crippen molar-refractivity contribution in [3.63, 3.8) is 0 Å². The van der Waals surface area contributed by atoms with Gasteiger partial charge in [-0.15, -0.1) is 0 Å². The summed E-state index contributed by atoms with van der Waals surface area (Å²) in [6, 6.07) is 3.12. The molecule has 9 heteroatoms. The SMILES string of the molecule is CNS(=O)(=O)c1cc(C(=O)N2CCC(C)CC2C(=O)O)ccc1OC. The third-order valence-electron chi connectivity index (χ3n) is 4.38. The molecule has 1 heterocycles. The zero-order valence-corrected chi connectivity index (χ0v) is 15.2. The Morgan fingerprint density at radius 3 is 2.60 bits per heavy atom. The molecule has 0 aliphatic carbocycles. The Balaban J connectivity index is 2.42. The fourth-order valence-electron chi connectivity index (χ4n) is 2.91. The number of sulfonamides is 1. The average Bonchev–Trinajstić information content (AvgIpc) is 2.60. The van der Waals surface area contributed by atoms with Gasteiger partial charge in [0.25, 0.3) is 5.91 Å².